The zero-order valence-corrected chi connectivity index (χ0v) is 6.14. The molecule has 0 spiro atoms. The molecule has 5 nitrogen and oxygen atoms in total. The van der Waals surface area contributed by atoms with Crippen LogP contribution in [0, 0.1) is 0 Å². The highest BCUT2D eigenvalue weighted by atomic mass is 32.2. The molecular formula is C4H7NO4S. The molecule has 0 amide bonds. The quantitative estimate of drug-likeness (QED) is 0.436. The fourth-order valence-corrected chi connectivity index (χ4v) is 0.679. The summed E-state index contributed by atoms with van der Waals surface area (Å²) in [6.07, 6.45) is 0.274. The van der Waals surface area contributed by atoms with Crippen molar-refractivity contribution in [2.75, 3.05) is 7.11 Å². The Morgan fingerprint density at radius 3 is 2.50 bits per heavy atom. The summed E-state index contributed by atoms with van der Waals surface area (Å²) in [5.74, 6) is 0. The van der Waals surface area contributed by atoms with Crippen LogP contribution in [0.2, 0.25) is 0 Å². The second-order valence-corrected chi connectivity index (χ2v) is 2.81. The Kier molecular flexibility index (Phi) is 3.04. The Morgan fingerprint density at radius 1 is 1.70 bits per heavy atom. The van der Waals surface area contributed by atoms with E-state index in [0.29, 0.717) is 0 Å². The lowest BCUT2D eigenvalue weighted by Crippen LogP contribution is -2.23. The lowest BCUT2D eigenvalue weighted by atomic mass is 10.6. The fourth-order valence-electron chi connectivity index (χ4n) is 0.226. The second kappa shape index (κ2) is 3.33. The highest BCUT2D eigenvalue weighted by Crippen LogP contribution is 1.86. The predicted octanol–water partition coefficient (Wildman–Crippen LogP) is -0.820. The predicted molar refractivity (Wildman–Crippen MR) is 34.3 cm³/mol. The van der Waals surface area contributed by atoms with Crippen LogP contribution in [-0.2, 0) is 19.3 Å². The Balaban J connectivity index is 4.16. The van der Waals surface area contributed by atoms with Gasteiger partial charge in [-0.25, -0.2) is 0 Å². The number of carbonyl (C=O) groups is 1. The molecule has 0 aliphatic carbocycles. The average Bonchev–Trinajstić information content (AvgIpc) is 1.87. The first-order valence-corrected chi connectivity index (χ1v) is 3.65. The van der Waals surface area contributed by atoms with Gasteiger partial charge in [0.15, 0.2) is 6.29 Å². The summed E-state index contributed by atoms with van der Waals surface area (Å²) in [7, 11) is -2.84. The maximum Gasteiger partial charge on any atom is 0.359 e. The molecule has 0 bridgehead atoms. The molecule has 0 aromatic heterocycles. The Labute approximate surface area is 58.9 Å². The molecule has 1 N–H and O–H groups in total. The Morgan fingerprint density at radius 2 is 2.20 bits per heavy atom. The maximum absolute atomic E-state index is 10.4. The smallest absolute Gasteiger partial charge is 0.296 e. The van der Waals surface area contributed by atoms with E-state index in [-0.39, 0.29) is 12.0 Å². The summed E-state index contributed by atoms with van der Waals surface area (Å²) in [6, 6.07) is 0. The number of rotatable bonds is 4. The molecule has 0 aliphatic heterocycles. The first-order chi connectivity index (χ1) is 4.52. The van der Waals surface area contributed by atoms with Crippen molar-refractivity contribution in [1.29, 1.82) is 0 Å². The van der Waals surface area contributed by atoms with Crippen LogP contribution in [-0.4, -0.2) is 21.8 Å². The first-order valence-electron chi connectivity index (χ1n) is 2.24. The van der Waals surface area contributed by atoms with Gasteiger partial charge in [0.2, 0.25) is 0 Å². The van der Waals surface area contributed by atoms with E-state index in [0.717, 1.165) is 7.11 Å². The van der Waals surface area contributed by atoms with E-state index in [4.69, 9.17) is 0 Å². The number of hydrogen-bond acceptors (Lipinski definition) is 4. The van der Waals surface area contributed by atoms with Gasteiger partial charge in [0, 0.05) is 0 Å². The molecule has 0 heterocycles. The minimum absolute atomic E-state index is 0.262. The van der Waals surface area contributed by atoms with E-state index < -0.39 is 10.3 Å². The molecule has 6 heteroatoms. The molecule has 10 heavy (non-hydrogen) atoms. The van der Waals surface area contributed by atoms with Crippen LogP contribution < -0.4 is 4.72 Å². The van der Waals surface area contributed by atoms with Gasteiger partial charge in [-0.2, -0.15) is 8.42 Å². The van der Waals surface area contributed by atoms with Gasteiger partial charge in [0.1, 0.15) is 0 Å². The number of nitrogens with one attached hydrogen (secondary N) is 1. The van der Waals surface area contributed by atoms with E-state index in [1.165, 1.54) is 0 Å². The lowest BCUT2D eigenvalue weighted by molar-refractivity contribution is -0.105. The van der Waals surface area contributed by atoms with Gasteiger partial charge < -0.3 is 0 Å². The fraction of sp³-hybridized carbons (Fsp3) is 0.250. The van der Waals surface area contributed by atoms with Crippen molar-refractivity contribution >= 4 is 16.6 Å². The third-order valence-corrected chi connectivity index (χ3v) is 1.57. The topological polar surface area (TPSA) is 72.5 Å². The number of allylic oxidation sites excluding steroid dienone is 1. The second-order valence-electron chi connectivity index (χ2n) is 1.37. The van der Waals surface area contributed by atoms with Crippen LogP contribution in [0.5, 0.6) is 0 Å². The summed E-state index contributed by atoms with van der Waals surface area (Å²) in [6.45, 7) is 3.07. The van der Waals surface area contributed by atoms with Gasteiger partial charge >= 0.3 is 10.3 Å². The minimum Gasteiger partial charge on any atom is -0.296 e. The van der Waals surface area contributed by atoms with Crippen molar-refractivity contribution in [3.8, 4) is 0 Å². The summed E-state index contributed by atoms with van der Waals surface area (Å²) in [5.41, 5.74) is -0.262. The van der Waals surface area contributed by atoms with Crippen molar-refractivity contribution in [3.63, 3.8) is 0 Å². The summed E-state index contributed by atoms with van der Waals surface area (Å²) >= 11 is 0. The molecule has 0 rings (SSSR count). The van der Waals surface area contributed by atoms with E-state index in [2.05, 4.69) is 10.8 Å². The first kappa shape index (κ1) is 9.12. The third kappa shape index (κ3) is 3.21. The molecule has 0 saturated heterocycles. The largest absolute Gasteiger partial charge is 0.359 e. The molecular weight excluding hydrogens is 158 g/mol. The Hall–Kier alpha value is -0.880. The molecule has 0 radical (unpaired) electrons. The van der Waals surface area contributed by atoms with Crippen LogP contribution in [0.25, 0.3) is 0 Å². The standard InChI is InChI=1S/C4H7NO4S/c1-4(3-6)5-10(7,8)9-2/h3,5H,1H2,2H3. The van der Waals surface area contributed by atoms with Gasteiger partial charge in [-0.15, -0.1) is 0 Å². The van der Waals surface area contributed by atoms with Gasteiger partial charge in [-0.1, -0.05) is 6.58 Å². The molecule has 0 aromatic rings. The molecule has 0 aliphatic rings. The summed E-state index contributed by atoms with van der Waals surface area (Å²) in [5, 5.41) is 0. The highest BCUT2D eigenvalue weighted by molar-refractivity contribution is 7.84. The van der Waals surface area contributed by atoms with E-state index in [1.54, 1.807) is 4.72 Å². The van der Waals surface area contributed by atoms with Gasteiger partial charge in [-0.05, 0) is 0 Å². The number of carbonyl (C=O) groups excluding carboxylic acids is 1. The zero-order valence-electron chi connectivity index (χ0n) is 5.33. The van der Waals surface area contributed by atoms with Gasteiger partial charge in [0.05, 0.1) is 12.8 Å². The SMILES string of the molecule is C=C(C=O)NS(=O)(=O)OC. The molecule has 0 saturated carbocycles. The van der Waals surface area contributed by atoms with Crippen LogP contribution in [0.4, 0.5) is 0 Å². The van der Waals surface area contributed by atoms with Gasteiger partial charge in [0.25, 0.3) is 0 Å². The van der Waals surface area contributed by atoms with Gasteiger partial charge in [-0.3, -0.25) is 13.7 Å². The molecule has 0 fully saturated rings. The molecule has 0 unspecified atom stereocenters. The number of aldehydes is 1. The maximum atomic E-state index is 10.4. The normalized spacial score (nSPS) is 10.5. The van der Waals surface area contributed by atoms with E-state index in [1.807, 2.05) is 0 Å². The van der Waals surface area contributed by atoms with Crippen LogP contribution >= 0.6 is 0 Å². The molecule has 0 aromatic carbocycles. The van der Waals surface area contributed by atoms with Crippen LogP contribution in [0.1, 0.15) is 0 Å². The summed E-state index contributed by atoms with van der Waals surface area (Å²) in [4.78, 5) is 9.82. The van der Waals surface area contributed by atoms with Crippen LogP contribution in [0.3, 0.4) is 0 Å². The number of hydrogen-bond donors (Lipinski definition) is 1. The highest BCUT2D eigenvalue weighted by Gasteiger charge is 2.06. The minimum atomic E-state index is -3.81. The van der Waals surface area contributed by atoms with Crippen molar-refractivity contribution in [2.45, 2.75) is 0 Å². The monoisotopic (exact) mass is 165 g/mol. The third-order valence-electron chi connectivity index (χ3n) is 0.618. The molecule has 0 atom stereocenters. The van der Waals surface area contributed by atoms with Crippen molar-refractivity contribution in [1.82, 2.24) is 4.72 Å². The molecule has 58 valence electrons. The van der Waals surface area contributed by atoms with Crippen LogP contribution in [0.15, 0.2) is 12.3 Å². The van der Waals surface area contributed by atoms with Crippen molar-refractivity contribution in [3.05, 3.63) is 12.3 Å². The van der Waals surface area contributed by atoms with E-state index in [9.17, 15) is 13.2 Å². The average molecular weight is 165 g/mol. The van der Waals surface area contributed by atoms with E-state index >= 15 is 0 Å². The Bertz CT molecular complexity index is 230. The lowest BCUT2D eigenvalue weighted by Gasteiger charge is -2.00. The van der Waals surface area contributed by atoms with Crippen molar-refractivity contribution in [2.24, 2.45) is 0 Å². The summed E-state index contributed by atoms with van der Waals surface area (Å²) < 4.78 is 26.5. The van der Waals surface area contributed by atoms with Crippen molar-refractivity contribution < 1.29 is 17.4 Å². The zero-order chi connectivity index (χ0) is 8.20.